The molecular weight excluding hydrogens is 236 g/mol. The normalized spacial score (nSPS) is 32.9. The third-order valence-corrected chi connectivity index (χ3v) is 6.11. The molecule has 2 unspecified atom stereocenters. The molecular formula is C17H32O2. The molecule has 0 bridgehead atoms. The van der Waals surface area contributed by atoms with Gasteiger partial charge in [-0.15, -0.1) is 0 Å². The van der Waals surface area contributed by atoms with E-state index in [-0.39, 0.29) is 22.3 Å². The summed E-state index contributed by atoms with van der Waals surface area (Å²) in [5.41, 5.74) is 0.226. The summed E-state index contributed by atoms with van der Waals surface area (Å²) in [5.74, 6) is 0.407. The van der Waals surface area contributed by atoms with Crippen LogP contribution in [0.2, 0.25) is 0 Å². The van der Waals surface area contributed by atoms with Crippen LogP contribution in [0.5, 0.6) is 0 Å². The van der Waals surface area contributed by atoms with Gasteiger partial charge in [0, 0.05) is 5.41 Å². The smallest absolute Gasteiger partial charge is 0.125 e. The highest BCUT2D eigenvalue weighted by atomic mass is 16.3. The van der Waals surface area contributed by atoms with Crippen LogP contribution in [0.25, 0.3) is 0 Å². The van der Waals surface area contributed by atoms with E-state index in [1.54, 1.807) is 0 Å². The largest absolute Gasteiger partial charge is 0.393 e. The summed E-state index contributed by atoms with van der Waals surface area (Å²) in [6.07, 6.45) is 6.10. The Morgan fingerprint density at radius 3 is 2.42 bits per heavy atom. The lowest BCUT2D eigenvalue weighted by atomic mass is 9.55. The highest BCUT2D eigenvalue weighted by Crippen LogP contribution is 2.53. The molecule has 1 saturated carbocycles. The van der Waals surface area contributed by atoms with Gasteiger partial charge in [-0.05, 0) is 48.9 Å². The lowest BCUT2D eigenvalue weighted by Crippen LogP contribution is -2.43. The number of hydrogen-bond donors (Lipinski definition) is 1. The van der Waals surface area contributed by atoms with Crippen LogP contribution in [0, 0.1) is 22.2 Å². The molecule has 1 aliphatic carbocycles. The number of aldehydes is 1. The number of aliphatic hydroxyl groups excluding tert-OH is 1. The highest BCUT2D eigenvalue weighted by Gasteiger charge is 2.45. The summed E-state index contributed by atoms with van der Waals surface area (Å²) in [5, 5.41) is 9.88. The van der Waals surface area contributed by atoms with E-state index in [9.17, 15) is 9.90 Å². The number of aliphatic hydroxyl groups is 1. The summed E-state index contributed by atoms with van der Waals surface area (Å²) in [6.45, 7) is 13.2. The summed E-state index contributed by atoms with van der Waals surface area (Å²) >= 11 is 0. The van der Waals surface area contributed by atoms with E-state index in [1.165, 1.54) is 0 Å². The Hall–Kier alpha value is -0.370. The molecule has 0 aromatic heterocycles. The number of rotatable bonds is 5. The molecule has 1 fully saturated rings. The van der Waals surface area contributed by atoms with Crippen LogP contribution in [-0.4, -0.2) is 17.5 Å². The number of hydrogen-bond acceptors (Lipinski definition) is 2. The molecule has 1 N–H and O–H groups in total. The predicted octanol–water partition coefficient (Wildman–Crippen LogP) is 4.21. The fourth-order valence-electron chi connectivity index (χ4n) is 3.25. The first kappa shape index (κ1) is 16.7. The standard InChI is InChI=1S/C17H32O2/c1-13(15(2,3)12-18)7-9-17(6)10-8-14(19)11-16(17,4)5/h12-14,19H,7-11H2,1-6H3/t13?,14-,17?/m0/s1. The Bertz CT molecular complexity index is 319. The van der Waals surface area contributed by atoms with Crippen LogP contribution in [0.4, 0.5) is 0 Å². The van der Waals surface area contributed by atoms with E-state index in [4.69, 9.17) is 0 Å². The highest BCUT2D eigenvalue weighted by molar-refractivity contribution is 5.58. The van der Waals surface area contributed by atoms with Crippen molar-refractivity contribution in [3.8, 4) is 0 Å². The Morgan fingerprint density at radius 1 is 1.37 bits per heavy atom. The molecule has 0 radical (unpaired) electrons. The van der Waals surface area contributed by atoms with Crippen molar-refractivity contribution < 1.29 is 9.90 Å². The predicted molar refractivity (Wildman–Crippen MR) is 80.0 cm³/mol. The molecule has 3 atom stereocenters. The minimum atomic E-state index is -0.227. The molecule has 112 valence electrons. The van der Waals surface area contributed by atoms with E-state index in [0.29, 0.717) is 5.92 Å². The van der Waals surface area contributed by atoms with Crippen molar-refractivity contribution in [1.82, 2.24) is 0 Å². The van der Waals surface area contributed by atoms with E-state index >= 15 is 0 Å². The Morgan fingerprint density at radius 2 is 1.95 bits per heavy atom. The van der Waals surface area contributed by atoms with Crippen LogP contribution in [0.15, 0.2) is 0 Å². The first-order chi connectivity index (χ1) is 8.54. The third kappa shape index (κ3) is 3.59. The molecule has 2 nitrogen and oxygen atoms in total. The zero-order valence-corrected chi connectivity index (χ0v) is 13.6. The van der Waals surface area contributed by atoms with Crippen molar-refractivity contribution in [2.75, 3.05) is 0 Å². The van der Waals surface area contributed by atoms with Crippen molar-refractivity contribution in [1.29, 1.82) is 0 Å². The van der Waals surface area contributed by atoms with Crippen LogP contribution >= 0.6 is 0 Å². The number of carbonyl (C=O) groups is 1. The van der Waals surface area contributed by atoms with Gasteiger partial charge in [0.1, 0.15) is 6.29 Å². The maximum atomic E-state index is 11.1. The van der Waals surface area contributed by atoms with E-state index in [1.807, 2.05) is 13.8 Å². The summed E-state index contributed by atoms with van der Waals surface area (Å²) in [4.78, 5) is 11.1. The van der Waals surface area contributed by atoms with Gasteiger partial charge in [-0.2, -0.15) is 0 Å². The molecule has 0 spiro atoms. The first-order valence-electron chi connectivity index (χ1n) is 7.68. The van der Waals surface area contributed by atoms with Crippen LogP contribution in [0.1, 0.15) is 73.6 Å². The summed E-state index contributed by atoms with van der Waals surface area (Å²) in [6, 6.07) is 0. The first-order valence-corrected chi connectivity index (χ1v) is 7.68. The van der Waals surface area contributed by atoms with Crippen molar-refractivity contribution in [2.24, 2.45) is 22.2 Å². The fraction of sp³-hybridized carbons (Fsp3) is 0.941. The molecule has 1 aliphatic rings. The van der Waals surface area contributed by atoms with E-state index in [2.05, 4.69) is 27.7 Å². The minimum absolute atomic E-state index is 0.132. The molecule has 19 heavy (non-hydrogen) atoms. The average molecular weight is 268 g/mol. The second-order valence-corrected chi connectivity index (χ2v) is 8.22. The SMILES string of the molecule is CC(CCC1(C)CC[C@H](O)CC1(C)C)C(C)(C)C=O. The van der Waals surface area contributed by atoms with Gasteiger partial charge in [0.25, 0.3) is 0 Å². The van der Waals surface area contributed by atoms with Gasteiger partial charge in [-0.25, -0.2) is 0 Å². The maximum Gasteiger partial charge on any atom is 0.125 e. The summed E-state index contributed by atoms with van der Waals surface area (Å²) in [7, 11) is 0. The van der Waals surface area contributed by atoms with Gasteiger partial charge in [0.2, 0.25) is 0 Å². The van der Waals surface area contributed by atoms with Gasteiger partial charge < -0.3 is 9.90 Å². The Kier molecular flexibility index (Phi) is 4.88. The quantitative estimate of drug-likeness (QED) is 0.759. The van der Waals surface area contributed by atoms with Gasteiger partial charge in [0.15, 0.2) is 0 Å². The molecule has 2 heteroatoms. The van der Waals surface area contributed by atoms with Gasteiger partial charge in [-0.1, -0.05) is 41.5 Å². The molecule has 0 aliphatic heterocycles. The fourth-order valence-corrected chi connectivity index (χ4v) is 3.25. The van der Waals surface area contributed by atoms with Crippen molar-refractivity contribution >= 4 is 6.29 Å². The maximum absolute atomic E-state index is 11.1. The zero-order valence-electron chi connectivity index (χ0n) is 13.6. The van der Waals surface area contributed by atoms with E-state index in [0.717, 1.165) is 38.4 Å². The topological polar surface area (TPSA) is 37.3 Å². The van der Waals surface area contributed by atoms with Crippen LogP contribution in [0.3, 0.4) is 0 Å². The third-order valence-electron chi connectivity index (χ3n) is 6.11. The van der Waals surface area contributed by atoms with Crippen molar-refractivity contribution in [2.45, 2.75) is 79.8 Å². The lowest BCUT2D eigenvalue weighted by Gasteiger charge is -2.50. The van der Waals surface area contributed by atoms with Crippen LogP contribution < -0.4 is 0 Å². The molecule has 0 heterocycles. The monoisotopic (exact) mass is 268 g/mol. The lowest BCUT2D eigenvalue weighted by molar-refractivity contribution is -0.117. The molecule has 0 amide bonds. The average Bonchev–Trinajstić information content (AvgIpc) is 2.31. The van der Waals surface area contributed by atoms with Crippen molar-refractivity contribution in [3.63, 3.8) is 0 Å². The van der Waals surface area contributed by atoms with Gasteiger partial charge in [0.05, 0.1) is 6.10 Å². The van der Waals surface area contributed by atoms with Crippen molar-refractivity contribution in [3.05, 3.63) is 0 Å². The Balaban J connectivity index is 2.68. The molecule has 1 rings (SSSR count). The molecule has 0 saturated heterocycles. The van der Waals surface area contributed by atoms with E-state index < -0.39 is 0 Å². The van der Waals surface area contributed by atoms with Gasteiger partial charge >= 0.3 is 0 Å². The van der Waals surface area contributed by atoms with Gasteiger partial charge in [-0.3, -0.25) is 0 Å². The zero-order chi connectivity index (χ0) is 14.9. The summed E-state index contributed by atoms with van der Waals surface area (Å²) < 4.78 is 0. The van der Waals surface area contributed by atoms with Crippen LogP contribution in [-0.2, 0) is 4.79 Å². The molecule has 0 aromatic rings. The minimum Gasteiger partial charge on any atom is -0.393 e. The second-order valence-electron chi connectivity index (χ2n) is 8.22. The number of carbonyl (C=O) groups excluding carboxylic acids is 1. The molecule has 0 aromatic carbocycles. The second kappa shape index (κ2) is 5.55. The Labute approximate surface area is 119 Å².